The predicted molar refractivity (Wildman–Crippen MR) is 106 cm³/mol. The van der Waals surface area contributed by atoms with Crippen molar-refractivity contribution < 1.29 is 27.4 Å². The number of urea groups is 1. The van der Waals surface area contributed by atoms with Gasteiger partial charge in [-0.2, -0.15) is 13.2 Å². The fraction of sp³-hybridized carbons (Fsp3) is 0.571. The molecule has 4 rings (SSSR count). The Hall–Kier alpha value is -2.42. The van der Waals surface area contributed by atoms with E-state index in [0.717, 1.165) is 19.4 Å². The maximum atomic E-state index is 12.8. The third-order valence-electron chi connectivity index (χ3n) is 5.65. The summed E-state index contributed by atoms with van der Waals surface area (Å²) in [5.74, 6) is 0.578. The lowest BCUT2D eigenvalue weighted by atomic mass is 10.1. The highest BCUT2D eigenvalue weighted by Crippen LogP contribution is 2.31. The van der Waals surface area contributed by atoms with Crippen LogP contribution in [0.25, 0.3) is 10.9 Å². The number of rotatable bonds is 5. The molecule has 0 spiro atoms. The van der Waals surface area contributed by atoms with E-state index in [2.05, 4.69) is 5.32 Å². The molecule has 9 heteroatoms. The third-order valence-corrected chi connectivity index (χ3v) is 5.65. The zero-order valence-corrected chi connectivity index (χ0v) is 16.7. The smallest absolute Gasteiger partial charge is 0.406 e. The lowest BCUT2D eigenvalue weighted by molar-refractivity contribution is -0.139. The van der Waals surface area contributed by atoms with Crippen molar-refractivity contribution >= 4 is 16.9 Å². The topological polar surface area (TPSA) is 55.7 Å². The van der Waals surface area contributed by atoms with Crippen LogP contribution in [-0.2, 0) is 11.3 Å². The molecule has 2 aliphatic heterocycles. The van der Waals surface area contributed by atoms with E-state index in [9.17, 15) is 18.0 Å². The van der Waals surface area contributed by atoms with Gasteiger partial charge in [-0.3, -0.25) is 0 Å². The quantitative estimate of drug-likeness (QED) is 0.790. The summed E-state index contributed by atoms with van der Waals surface area (Å²) in [5.41, 5.74) is 0.496. The zero-order valence-electron chi connectivity index (χ0n) is 16.7. The highest BCUT2D eigenvalue weighted by atomic mass is 19.4. The summed E-state index contributed by atoms with van der Waals surface area (Å²) < 4.78 is 51.1. The molecular formula is C21H26F3N3O3. The first-order valence-electron chi connectivity index (χ1n) is 10.3. The zero-order chi connectivity index (χ0) is 21.1. The van der Waals surface area contributed by atoms with Gasteiger partial charge in [-0.05, 0) is 31.0 Å². The van der Waals surface area contributed by atoms with E-state index < -0.39 is 12.7 Å². The van der Waals surface area contributed by atoms with Crippen molar-refractivity contribution in [3.05, 3.63) is 30.5 Å². The van der Waals surface area contributed by atoms with E-state index in [1.54, 1.807) is 29.2 Å². The molecule has 2 amide bonds. The van der Waals surface area contributed by atoms with Crippen LogP contribution in [0.15, 0.2) is 30.5 Å². The van der Waals surface area contributed by atoms with Crippen LogP contribution in [0.2, 0.25) is 0 Å². The molecule has 1 aromatic heterocycles. The number of fused-ring (bicyclic) bond motifs is 1. The predicted octanol–water partition coefficient (Wildman–Crippen LogP) is 3.94. The summed E-state index contributed by atoms with van der Waals surface area (Å²) in [6.07, 6.45) is 0.553. The van der Waals surface area contributed by atoms with Gasteiger partial charge in [0.25, 0.3) is 0 Å². The number of carbonyl (C=O) groups excluding carboxylic acids is 1. The van der Waals surface area contributed by atoms with Crippen molar-refractivity contribution in [3.8, 4) is 5.75 Å². The number of nitrogens with one attached hydrogen (secondary N) is 1. The molecule has 0 radical (unpaired) electrons. The van der Waals surface area contributed by atoms with Crippen LogP contribution in [0.1, 0.15) is 25.7 Å². The first-order chi connectivity index (χ1) is 14.4. The minimum atomic E-state index is -4.28. The number of ether oxygens (including phenoxy) is 2. The fourth-order valence-electron chi connectivity index (χ4n) is 4.10. The first kappa shape index (κ1) is 20.8. The molecule has 1 N–H and O–H groups in total. The van der Waals surface area contributed by atoms with Gasteiger partial charge in [0.1, 0.15) is 18.4 Å². The second-order valence-corrected chi connectivity index (χ2v) is 7.87. The summed E-state index contributed by atoms with van der Waals surface area (Å²) in [6, 6.07) is 6.72. The molecule has 30 heavy (non-hydrogen) atoms. The maximum Gasteiger partial charge on any atom is 0.406 e. The monoisotopic (exact) mass is 425 g/mol. The molecular weight excluding hydrogens is 399 g/mol. The maximum absolute atomic E-state index is 12.8. The Morgan fingerprint density at radius 2 is 2.00 bits per heavy atom. The number of piperidine rings is 1. The SMILES string of the molecule is O=C(NCC1CCCO1)N1CCC(Oc2cccc3c2ccn3CC(F)(F)F)CC1. The summed E-state index contributed by atoms with van der Waals surface area (Å²) >= 11 is 0. The summed E-state index contributed by atoms with van der Waals surface area (Å²) in [7, 11) is 0. The van der Waals surface area contributed by atoms with Crippen molar-refractivity contribution in [3.63, 3.8) is 0 Å². The van der Waals surface area contributed by atoms with Crippen LogP contribution in [0.5, 0.6) is 5.75 Å². The van der Waals surface area contributed by atoms with Gasteiger partial charge in [0, 0.05) is 50.7 Å². The van der Waals surface area contributed by atoms with Crippen molar-refractivity contribution in [1.82, 2.24) is 14.8 Å². The molecule has 1 unspecified atom stereocenters. The summed E-state index contributed by atoms with van der Waals surface area (Å²) in [6.45, 7) is 1.42. The molecule has 1 atom stereocenters. The lowest BCUT2D eigenvalue weighted by Crippen LogP contribution is -2.48. The molecule has 2 fully saturated rings. The van der Waals surface area contributed by atoms with E-state index in [-0.39, 0.29) is 18.2 Å². The van der Waals surface area contributed by atoms with Crippen molar-refractivity contribution in [2.24, 2.45) is 0 Å². The molecule has 6 nitrogen and oxygen atoms in total. The summed E-state index contributed by atoms with van der Waals surface area (Å²) in [5, 5.41) is 3.60. The molecule has 0 saturated carbocycles. The Balaban J connectivity index is 1.31. The highest BCUT2D eigenvalue weighted by molar-refractivity contribution is 5.86. The minimum Gasteiger partial charge on any atom is -0.490 e. The van der Waals surface area contributed by atoms with E-state index >= 15 is 0 Å². The van der Waals surface area contributed by atoms with Crippen LogP contribution < -0.4 is 10.1 Å². The number of carbonyl (C=O) groups is 1. The molecule has 0 aliphatic carbocycles. The molecule has 2 saturated heterocycles. The highest BCUT2D eigenvalue weighted by Gasteiger charge is 2.29. The molecule has 2 aliphatic rings. The molecule has 1 aromatic carbocycles. The first-order valence-corrected chi connectivity index (χ1v) is 10.3. The largest absolute Gasteiger partial charge is 0.490 e. The Kier molecular flexibility index (Phi) is 6.08. The Morgan fingerprint density at radius 3 is 2.70 bits per heavy atom. The fourth-order valence-corrected chi connectivity index (χ4v) is 4.10. The van der Waals surface area contributed by atoms with E-state index in [1.807, 2.05) is 0 Å². The van der Waals surface area contributed by atoms with E-state index in [0.29, 0.717) is 49.1 Å². The van der Waals surface area contributed by atoms with Crippen molar-refractivity contribution in [1.29, 1.82) is 0 Å². The van der Waals surface area contributed by atoms with Gasteiger partial charge < -0.3 is 24.3 Å². The number of aromatic nitrogens is 1. The Morgan fingerprint density at radius 1 is 1.20 bits per heavy atom. The van der Waals surface area contributed by atoms with Gasteiger partial charge in [-0.25, -0.2) is 4.79 Å². The average Bonchev–Trinajstić information content (AvgIpc) is 3.36. The van der Waals surface area contributed by atoms with Gasteiger partial charge in [0.2, 0.25) is 0 Å². The van der Waals surface area contributed by atoms with Crippen LogP contribution >= 0.6 is 0 Å². The van der Waals surface area contributed by atoms with Gasteiger partial charge in [-0.15, -0.1) is 0 Å². The molecule has 0 bridgehead atoms. The Bertz CT molecular complexity index is 869. The van der Waals surface area contributed by atoms with Crippen LogP contribution in [-0.4, -0.2) is 60.1 Å². The normalized spacial score (nSPS) is 20.6. The van der Waals surface area contributed by atoms with Gasteiger partial charge >= 0.3 is 12.2 Å². The number of nitrogens with zero attached hydrogens (tertiary/aromatic N) is 2. The van der Waals surface area contributed by atoms with Gasteiger partial charge in [0.15, 0.2) is 0 Å². The number of hydrogen-bond acceptors (Lipinski definition) is 3. The average molecular weight is 425 g/mol. The van der Waals surface area contributed by atoms with Gasteiger partial charge in [-0.1, -0.05) is 6.07 Å². The van der Waals surface area contributed by atoms with E-state index in [4.69, 9.17) is 9.47 Å². The van der Waals surface area contributed by atoms with Crippen LogP contribution in [0, 0.1) is 0 Å². The number of hydrogen-bond donors (Lipinski definition) is 1. The molecule has 3 heterocycles. The second-order valence-electron chi connectivity index (χ2n) is 7.87. The minimum absolute atomic E-state index is 0.0798. The standard InChI is InChI=1S/C21H26F3N3O3/c22-21(23,24)14-27-11-8-17-18(27)4-1-5-19(17)30-15-6-9-26(10-7-15)20(28)25-13-16-3-2-12-29-16/h1,4-5,8,11,15-16H,2-3,6-7,9-10,12-14H2,(H,25,28). The number of halogens is 3. The van der Waals surface area contributed by atoms with Gasteiger partial charge in [0.05, 0.1) is 11.6 Å². The number of benzene rings is 1. The summed E-state index contributed by atoms with van der Waals surface area (Å²) in [4.78, 5) is 14.1. The molecule has 164 valence electrons. The molecule has 2 aromatic rings. The van der Waals surface area contributed by atoms with Crippen molar-refractivity contribution in [2.45, 2.75) is 50.6 Å². The van der Waals surface area contributed by atoms with Crippen LogP contribution in [0.3, 0.4) is 0 Å². The Labute approximate surface area is 172 Å². The van der Waals surface area contributed by atoms with Crippen molar-refractivity contribution in [2.75, 3.05) is 26.2 Å². The number of alkyl halides is 3. The third kappa shape index (κ3) is 5.00. The lowest BCUT2D eigenvalue weighted by Gasteiger charge is -2.32. The number of likely N-dealkylation sites (tertiary alicyclic amines) is 1. The van der Waals surface area contributed by atoms with Crippen LogP contribution in [0.4, 0.5) is 18.0 Å². The van der Waals surface area contributed by atoms with E-state index in [1.165, 1.54) is 10.8 Å². The second kappa shape index (κ2) is 8.75. The number of amides is 2.